The van der Waals surface area contributed by atoms with E-state index in [0.717, 1.165) is 34.2 Å². The van der Waals surface area contributed by atoms with Crippen molar-refractivity contribution in [2.75, 3.05) is 6.54 Å². The summed E-state index contributed by atoms with van der Waals surface area (Å²) in [6.07, 6.45) is 1.17. The first-order valence-corrected chi connectivity index (χ1v) is 13.1. The van der Waals surface area contributed by atoms with Crippen molar-refractivity contribution < 1.29 is 19.1 Å². The van der Waals surface area contributed by atoms with Crippen molar-refractivity contribution in [3.8, 4) is 5.75 Å². The second-order valence-electron chi connectivity index (χ2n) is 9.77. The van der Waals surface area contributed by atoms with Crippen LogP contribution in [0.3, 0.4) is 0 Å². The molecule has 0 aliphatic carbocycles. The number of nitrogens with two attached hydrogens (primary N) is 2. The molecule has 3 aromatic rings. The highest BCUT2D eigenvalue weighted by atomic mass is 16.6. The Morgan fingerprint density at radius 2 is 1.49 bits per heavy atom. The Labute approximate surface area is 230 Å². The molecule has 0 aliphatic heterocycles. The molecule has 0 bridgehead atoms. The Morgan fingerprint density at radius 1 is 0.923 bits per heavy atom. The highest BCUT2D eigenvalue weighted by Crippen LogP contribution is 2.24. The van der Waals surface area contributed by atoms with Crippen molar-refractivity contribution >= 4 is 17.9 Å². The normalized spacial score (nSPS) is 12.3. The number of primary amides is 1. The van der Waals surface area contributed by atoms with Gasteiger partial charge in [0.15, 0.2) is 0 Å². The molecule has 206 valence electrons. The minimum absolute atomic E-state index is 0.275. The zero-order valence-corrected chi connectivity index (χ0v) is 22.9. The van der Waals surface area contributed by atoms with Crippen molar-refractivity contribution in [3.63, 3.8) is 0 Å². The smallest absolute Gasteiger partial charge is 0.410 e. The van der Waals surface area contributed by atoms with Gasteiger partial charge in [-0.25, -0.2) is 4.79 Å². The van der Waals surface area contributed by atoms with Crippen LogP contribution in [-0.2, 0) is 29.0 Å². The van der Waals surface area contributed by atoms with E-state index in [4.69, 9.17) is 16.2 Å². The van der Waals surface area contributed by atoms with E-state index in [1.807, 2.05) is 74.5 Å². The first-order valence-electron chi connectivity index (χ1n) is 13.1. The topological polar surface area (TPSA) is 128 Å². The van der Waals surface area contributed by atoms with Crippen LogP contribution < -0.4 is 21.5 Å². The van der Waals surface area contributed by atoms with Crippen molar-refractivity contribution in [1.82, 2.24) is 10.2 Å². The molecule has 0 unspecified atom stereocenters. The average Bonchev–Trinajstić information content (AvgIpc) is 2.92. The maximum absolute atomic E-state index is 13.4. The average molecular weight is 531 g/mol. The summed E-state index contributed by atoms with van der Waals surface area (Å²) in [5.41, 5.74) is 16.6. The number of hydrogen-bond acceptors (Lipinski definition) is 5. The van der Waals surface area contributed by atoms with Crippen molar-refractivity contribution in [3.05, 3.63) is 101 Å². The zero-order valence-electron chi connectivity index (χ0n) is 22.9. The number of benzene rings is 3. The van der Waals surface area contributed by atoms with Gasteiger partial charge in [-0.1, -0.05) is 60.7 Å². The van der Waals surface area contributed by atoms with E-state index in [-0.39, 0.29) is 12.3 Å². The second-order valence-corrected chi connectivity index (χ2v) is 9.77. The fourth-order valence-corrected chi connectivity index (χ4v) is 4.51. The van der Waals surface area contributed by atoms with Gasteiger partial charge in [0.1, 0.15) is 11.8 Å². The molecule has 0 saturated carbocycles. The lowest BCUT2D eigenvalue weighted by atomic mass is 9.95. The third-order valence-electron chi connectivity index (χ3n) is 6.77. The predicted octanol–water partition coefficient (Wildman–Crippen LogP) is 3.80. The van der Waals surface area contributed by atoms with Gasteiger partial charge >= 0.3 is 6.09 Å². The van der Waals surface area contributed by atoms with Gasteiger partial charge in [-0.15, -0.1) is 0 Å². The van der Waals surface area contributed by atoms with Gasteiger partial charge in [0.2, 0.25) is 11.8 Å². The summed E-state index contributed by atoms with van der Waals surface area (Å²) in [5, 5.41) is 2.74. The van der Waals surface area contributed by atoms with Gasteiger partial charge in [0.25, 0.3) is 0 Å². The van der Waals surface area contributed by atoms with E-state index >= 15 is 0 Å². The second kappa shape index (κ2) is 14.1. The van der Waals surface area contributed by atoms with E-state index in [1.165, 1.54) is 4.90 Å². The SMILES string of the molecule is Cc1cc(OC(=O)NCc2ccccc2)cc(C)c1C[C@H](N)C(=O)N(CCCc1ccccc1)[C@H](C)C(N)=O. The van der Waals surface area contributed by atoms with Crippen LogP contribution in [0.1, 0.15) is 41.2 Å². The largest absolute Gasteiger partial charge is 0.412 e. The molecule has 5 N–H and O–H groups in total. The summed E-state index contributed by atoms with van der Waals surface area (Å²) in [6, 6.07) is 21.4. The molecule has 0 heterocycles. The minimum atomic E-state index is -0.859. The monoisotopic (exact) mass is 530 g/mol. The molecular weight excluding hydrogens is 492 g/mol. The molecule has 0 saturated heterocycles. The molecule has 8 nitrogen and oxygen atoms in total. The highest BCUT2D eigenvalue weighted by molar-refractivity contribution is 5.89. The van der Waals surface area contributed by atoms with Crippen LogP contribution in [0.25, 0.3) is 0 Å². The highest BCUT2D eigenvalue weighted by Gasteiger charge is 2.28. The standard InChI is InChI=1S/C31H38N4O4/c1-21-17-26(39-31(38)34-20-25-13-8-5-9-14-25)18-22(2)27(21)19-28(32)30(37)35(23(3)29(33)36)16-10-15-24-11-6-4-7-12-24/h4-9,11-14,17-18,23,28H,10,15-16,19-20,32H2,1-3H3,(H2,33,36)(H,34,38)/t23-,28+/m1/s1. The molecule has 0 fully saturated rings. The number of carbonyl (C=O) groups excluding carboxylic acids is 3. The van der Waals surface area contributed by atoms with E-state index in [2.05, 4.69) is 5.32 Å². The molecule has 0 spiro atoms. The van der Waals surface area contributed by atoms with Gasteiger partial charge in [-0.05, 0) is 80.0 Å². The molecule has 0 aromatic heterocycles. The summed E-state index contributed by atoms with van der Waals surface area (Å²) < 4.78 is 5.47. The van der Waals surface area contributed by atoms with Crippen LogP contribution in [0, 0.1) is 13.8 Å². The van der Waals surface area contributed by atoms with Crippen LogP contribution in [-0.4, -0.2) is 41.4 Å². The summed E-state index contributed by atoms with van der Waals surface area (Å²) in [6.45, 7) is 6.13. The molecular formula is C31H38N4O4. The molecule has 3 amide bonds. The lowest BCUT2D eigenvalue weighted by Gasteiger charge is -2.30. The minimum Gasteiger partial charge on any atom is -0.410 e. The molecule has 2 atom stereocenters. The quantitative estimate of drug-likeness (QED) is 0.328. The van der Waals surface area contributed by atoms with Crippen LogP contribution in [0.4, 0.5) is 4.79 Å². The van der Waals surface area contributed by atoms with Crippen molar-refractivity contribution in [2.45, 2.75) is 58.7 Å². The molecule has 3 rings (SSSR count). The first-order chi connectivity index (χ1) is 18.7. The molecule has 0 radical (unpaired) electrons. The summed E-state index contributed by atoms with van der Waals surface area (Å²) >= 11 is 0. The summed E-state index contributed by atoms with van der Waals surface area (Å²) in [7, 11) is 0. The van der Waals surface area contributed by atoms with Crippen LogP contribution in [0.15, 0.2) is 72.8 Å². The third kappa shape index (κ3) is 8.68. The number of aryl methyl sites for hydroxylation is 3. The van der Waals surface area contributed by atoms with Gasteiger partial charge in [0, 0.05) is 13.1 Å². The van der Waals surface area contributed by atoms with Gasteiger partial charge in [-0.2, -0.15) is 0 Å². The van der Waals surface area contributed by atoms with E-state index < -0.39 is 24.1 Å². The van der Waals surface area contributed by atoms with Gasteiger partial charge < -0.3 is 26.4 Å². The lowest BCUT2D eigenvalue weighted by molar-refractivity contribution is -0.139. The molecule has 39 heavy (non-hydrogen) atoms. The Kier molecular flexibility index (Phi) is 10.6. The van der Waals surface area contributed by atoms with E-state index in [1.54, 1.807) is 19.1 Å². The number of nitrogens with zero attached hydrogens (tertiary/aromatic N) is 1. The maximum Gasteiger partial charge on any atom is 0.412 e. The lowest BCUT2D eigenvalue weighted by Crippen LogP contribution is -2.53. The number of amides is 3. The Balaban J connectivity index is 1.63. The summed E-state index contributed by atoms with van der Waals surface area (Å²) in [4.78, 5) is 39.1. The van der Waals surface area contributed by atoms with Gasteiger partial charge in [0.05, 0.1) is 6.04 Å². The van der Waals surface area contributed by atoms with Crippen molar-refractivity contribution in [1.29, 1.82) is 0 Å². The number of carbonyl (C=O) groups is 3. The van der Waals surface area contributed by atoms with Crippen molar-refractivity contribution in [2.24, 2.45) is 11.5 Å². The van der Waals surface area contributed by atoms with E-state index in [0.29, 0.717) is 25.3 Å². The zero-order chi connectivity index (χ0) is 28.4. The molecule has 0 aliphatic rings. The molecule has 8 heteroatoms. The number of hydrogen-bond donors (Lipinski definition) is 3. The third-order valence-corrected chi connectivity index (χ3v) is 6.77. The maximum atomic E-state index is 13.4. The van der Waals surface area contributed by atoms with E-state index in [9.17, 15) is 14.4 Å². The Hall–Kier alpha value is -4.17. The molecule has 3 aromatic carbocycles. The number of ether oxygens (including phenoxy) is 1. The number of rotatable bonds is 12. The first kappa shape index (κ1) is 29.4. The van der Waals surface area contributed by atoms with Crippen LogP contribution >= 0.6 is 0 Å². The fraction of sp³-hybridized carbons (Fsp3) is 0.323. The predicted molar refractivity (Wildman–Crippen MR) is 152 cm³/mol. The number of nitrogens with one attached hydrogen (secondary N) is 1. The van der Waals surface area contributed by atoms with Gasteiger partial charge in [-0.3, -0.25) is 9.59 Å². The Morgan fingerprint density at radius 3 is 2.05 bits per heavy atom. The van der Waals surface area contributed by atoms with Crippen LogP contribution in [0.2, 0.25) is 0 Å². The van der Waals surface area contributed by atoms with Crippen LogP contribution in [0.5, 0.6) is 5.75 Å². The fourth-order valence-electron chi connectivity index (χ4n) is 4.51. The summed E-state index contributed by atoms with van der Waals surface area (Å²) in [5.74, 6) is -0.493. The Bertz CT molecular complexity index is 1240.